The molecule has 1 saturated carbocycles. The molecule has 1 aromatic rings. The van der Waals surface area contributed by atoms with Crippen LogP contribution in [-0.4, -0.2) is 30.4 Å². The van der Waals surface area contributed by atoms with Gasteiger partial charge in [-0.3, -0.25) is 9.69 Å². The fraction of sp³-hybridized carbons (Fsp3) is 0.500. The Bertz CT molecular complexity index is 535. The second-order valence-corrected chi connectivity index (χ2v) is 5.77. The van der Waals surface area contributed by atoms with Crippen molar-refractivity contribution in [1.29, 1.82) is 5.26 Å². The van der Waals surface area contributed by atoms with Gasteiger partial charge in [-0.15, -0.1) is 0 Å². The minimum absolute atomic E-state index is 0.0316. The summed E-state index contributed by atoms with van der Waals surface area (Å²) in [4.78, 5) is 14.3. The molecule has 0 heterocycles. The van der Waals surface area contributed by atoms with Crippen LogP contribution < -0.4 is 5.32 Å². The smallest absolute Gasteiger partial charge is 0.241 e. The van der Waals surface area contributed by atoms with Crippen LogP contribution in [0.5, 0.6) is 0 Å². The average molecular weight is 271 g/mol. The molecule has 1 amide bonds. The second kappa shape index (κ2) is 6.06. The number of carbonyl (C=O) groups excluding carboxylic acids is 1. The number of nitrogens with one attached hydrogen (secondary N) is 1. The third-order valence-corrected chi connectivity index (χ3v) is 4.10. The van der Waals surface area contributed by atoms with E-state index in [2.05, 4.69) is 23.2 Å². The normalized spacial score (nSPS) is 22.1. The van der Waals surface area contributed by atoms with Crippen molar-refractivity contribution in [3.63, 3.8) is 0 Å². The molecule has 1 aromatic carbocycles. The SMILES string of the molecule is CC1CC1CN(C)C(C)C(=O)Nc1cccc(C#N)c1. The number of rotatable bonds is 5. The molecule has 4 heteroatoms. The maximum atomic E-state index is 12.2. The van der Waals surface area contributed by atoms with Crippen molar-refractivity contribution in [3.05, 3.63) is 29.8 Å². The highest BCUT2D eigenvalue weighted by Gasteiger charge is 2.34. The standard InChI is InChI=1S/C16H21N3O/c1-11-7-14(11)10-19(3)12(2)16(20)18-15-6-4-5-13(8-15)9-17/h4-6,8,11-12,14H,7,10H2,1-3H3,(H,18,20). The van der Waals surface area contributed by atoms with Gasteiger partial charge in [-0.2, -0.15) is 5.26 Å². The maximum absolute atomic E-state index is 12.2. The molecule has 0 radical (unpaired) electrons. The molecule has 4 nitrogen and oxygen atoms in total. The molecule has 0 saturated heterocycles. The second-order valence-electron chi connectivity index (χ2n) is 5.77. The highest BCUT2D eigenvalue weighted by atomic mass is 16.2. The van der Waals surface area contributed by atoms with E-state index >= 15 is 0 Å². The number of hydrogen-bond donors (Lipinski definition) is 1. The summed E-state index contributed by atoms with van der Waals surface area (Å²) in [5, 5.41) is 11.7. The fourth-order valence-corrected chi connectivity index (χ4v) is 2.29. The summed E-state index contributed by atoms with van der Waals surface area (Å²) in [6.45, 7) is 5.13. The van der Waals surface area contributed by atoms with Crippen molar-refractivity contribution in [1.82, 2.24) is 4.90 Å². The predicted molar refractivity (Wildman–Crippen MR) is 79.1 cm³/mol. The van der Waals surface area contributed by atoms with Gasteiger partial charge in [0.1, 0.15) is 0 Å². The van der Waals surface area contributed by atoms with E-state index in [-0.39, 0.29) is 11.9 Å². The van der Waals surface area contributed by atoms with Gasteiger partial charge in [-0.1, -0.05) is 13.0 Å². The molecule has 1 fully saturated rings. The van der Waals surface area contributed by atoms with E-state index in [1.807, 2.05) is 14.0 Å². The van der Waals surface area contributed by atoms with E-state index in [1.54, 1.807) is 24.3 Å². The largest absolute Gasteiger partial charge is 0.325 e. The van der Waals surface area contributed by atoms with Gasteiger partial charge < -0.3 is 5.32 Å². The molecule has 20 heavy (non-hydrogen) atoms. The van der Waals surface area contributed by atoms with Crippen LogP contribution in [0.1, 0.15) is 25.8 Å². The van der Waals surface area contributed by atoms with Crippen LogP contribution in [0.3, 0.4) is 0 Å². The molecule has 2 rings (SSSR count). The first kappa shape index (κ1) is 14.5. The zero-order chi connectivity index (χ0) is 14.7. The van der Waals surface area contributed by atoms with E-state index in [0.717, 1.165) is 18.4 Å². The summed E-state index contributed by atoms with van der Waals surface area (Å²) >= 11 is 0. The van der Waals surface area contributed by atoms with Gasteiger partial charge in [0.05, 0.1) is 17.7 Å². The van der Waals surface area contributed by atoms with Crippen molar-refractivity contribution in [3.8, 4) is 6.07 Å². The molecular weight excluding hydrogens is 250 g/mol. The maximum Gasteiger partial charge on any atom is 0.241 e. The number of likely N-dealkylation sites (N-methyl/N-ethyl adjacent to an activating group) is 1. The zero-order valence-electron chi connectivity index (χ0n) is 12.3. The van der Waals surface area contributed by atoms with Crippen LogP contribution in [0, 0.1) is 23.2 Å². The van der Waals surface area contributed by atoms with Crippen molar-refractivity contribution in [2.24, 2.45) is 11.8 Å². The number of nitriles is 1. The zero-order valence-corrected chi connectivity index (χ0v) is 12.3. The monoisotopic (exact) mass is 271 g/mol. The Morgan fingerprint density at radius 3 is 2.90 bits per heavy atom. The quantitative estimate of drug-likeness (QED) is 0.895. The van der Waals surface area contributed by atoms with E-state index in [1.165, 1.54) is 6.42 Å². The number of nitrogens with zero attached hydrogens (tertiary/aromatic N) is 2. The number of amides is 1. The van der Waals surface area contributed by atoms with Gasteiger partial charge in [0.25, 0.3) is 0 Å². The number of anilines is 1. The molecule has 0 aliphatic heterocycles. The Morgan fingerprint density at radius 2 is 2.30 bits per heavy atom. The average Bonchev–Trinajstić information content (AvgIpc) is 3.13. The highest BCUT2D eigenvalue weighted by molar-refractivity contribution is 5.94. The van der Waals surface area contributed by atoms with E-state index < -0.39 is 0 Å². The third kappa shape index (κ3) is 3.58. The number of carbonyl (C=O) groups is 1. The molecule has 3 unspecified atom stereocenters. The van der Waals surface area contributed by atoms with E-state index in [4.69, 9.17) is 5.26 Å². The van der Waals surface area contributed by atoms with Crippen LogP contribution in [-0.2, 0) is 4.79 Å². The summed E-state index contributed by atoms with van der Waals surface area (Å²) in [5.41, 5.74) is 1.23. The lowest BCUT2D eigenvalue weighted by Gasteiger charge is -2.24. The molecule has 0 bridgehead atoms. The molecular formula is C16H21N3O. The van der Waals surface area contributed by atoms with Crippen LogP contribution in [0.2, 0.25) is 0 Å². The lowest BCUT2D eigenvalue weighted by Crippen LogP contribution is -2.40. The van der Waals surface area contributed by atoms with Gasteiger partial charge in [-0.25, -0.2) is 0 Å². The van der Waals surface area contributed by atoms with Gasteiger partial charge in [0.2, 0.25) is 5.91 Å². The molecule has 1 aliphatic rings. The summed E-state index contributed by atoms with van der Waals surface area (Å²) in [6, 6.07) is 8.88. The van der Waals surface area contributed by atoms with E-state index in [9.17, 15) is 4.79 Å². The van der Waals surface area contributed by atoms with Gasteiger partial charge >= 0.3 is 0 Å². The summed E-state index contributed by atoms with van der Waals surface area (Å²) < 4.78 is 0. The first-order chi connectivity index (χ1) is 9.51. The van der Waals surface area contributed by atoms with Crippen molar-refractivity contribution >= 4 is 11.6 Å². The summed E-state index contributed by atoms with van der Waals surface area (Å²) in [5.74, 6) is 1.49. The Kier molecular flexibility index (Phi) is 4.41. The minimum atomic E-state index is -0.173. The fourth-order valence-electron chi connectivity index (χ4n) is 2.29. The first-order valence-electron chi connectivity index (χ1n) is 7.02. The highest BCUT2D eigenvalue weighted by Crippen LogP contribution is 2.38. The number of hydrogen-bond acceptors (Lipinski definition) is 3. The Morgan fingerprint density at radius 1 is 1.60 bits per heavy atom. The van der Waals surface area contributed by atoms with Crippen molar-refractivity contribution < 1.29 is 4.79 Å². The van der Waals surface area contributed by atoms with Gasteiger partial charge in [-0.05, 0) is 50.4 Å². The first-order valence-corrected chi connectivity index (χ1v) is 7.02. The summed E-state index contributed by atoms with van der Waals surface area (Å²) in [6.07, 6.45) is 1.27. The molecule has 1 N–H and O–H groups in total. The van der Waals surface area contributed by atoms with Crippen LogP contribution >= 0.6 is 0 Å². The van der Waals surface area contributed by atoms with Crippen LogP contribution in [0.4, 0.5) is 5.69 Å². The Labute approximate surface area is 120 Å². The Balaban J connectivity index is 1.91. The third-order valence-electron chi connectivity index (χ3n) is 4.10. The van der Waals surface area contributed by atoms with Crippen molar-refractivity contribution in [2.45, 2.75) is 26.3 Å². The lowest BCUT2D eigenvalue weighted by molar-refractivity contribution is -0.120. The molecule has 0 aromatic heterocycles. The number of benzene rings is 1. The van der Waals surface area contributed by atoms with Crippen LogP contribution in [0.15, 0.2) is 24.3 Å². The molecule has 106 valence electrons. The molecule has 0 spiro atoms. The van der Waals surface area contributed by atoms with Gasteiger partial charge in [0, 0.05) is 12.2 Å². The summed E-state index contributed by atoms with van der Waals surface area (Å²) in [7, 11) is 1.99. The van der Waals surface area contributed by atoms with Crippen LogP contribution in [0.25, 0.3) is 0 Å². The molecule has 1 aliphatic carbocycles. The van der Waals surface area contributed by atoms with Crippen molar-refractivity contribution in [2.75, 3.05) is 18.9 Å². The lowest BCUT2D eigenvalue weighted by atomic mass is 10.2. The minimum Gasteiger partial charge on any atom is -0.325 e. The van der Waals surface area contributed by atoms with Gasteiger partial charge in [0.15, 0.2) is 0 Å². The molecule has 3 atom stereocenters. The Hall–Kier alpha value is -1.86. The van der Waals surface area contributed by atoms with E-state index in [0.29, 0.717) is 11.3 Å². The predicted octanol–water partition coefficient (Wildman–Crippen LogP) is 2.47. The topological polar surface area (TPSA) is 56.1 Å².